The molecule has 0 unspecified atom stereocenters. The number of fused-ring (bicyclic) bond motifs is 1. The number of aryl methyl sites for hydroxylation is 1. The Morgan fingerprint density at radius 3 is 3.18 bits per heavy atom. The van der Waals surface area contributed by atoms with Crippen molar-refractivity contribution in [3.05, 3.63) is 29.0 Å². The largest absolute Gasteiger partial charge is 0.494 e. The fraction of sp³-hybridized carbons (Fsp3) is 0.500. The third-order valence-electron chi connectivity index (χ3n) is 3.00. The van der Waals surface area contributed by atoms with E-state index in [2.05, 4.69) is 35.3 Å². The normalized spacial score (nSPS) is 13.5. The number of ether oxygens (including phenoxy) is 1. The van der Waals surface area contributed by atoms with Gasteiger partial charge in [-0.15, -0.1) is 0 Å². The highest BCUT2D eigenvalue weighted by Crippen LogP contribution is 2.10. The van der Waals surface area contributed by atoms with Gasteiger partial charge in [-0.2, -0.15) is 0 Å². The summed E-state index contributed by atoms with van der Waals surface area (Å²) in [7, 11) is 2.02. The van der Waals surface area contributed by atoms with E-state index >= 15 is 0 Å². The molecule has 0 spiro atoms. The highest BCUT2D eigenvalue weighted by Gasteiger charge is 2.10. The standard InChI is InChI=1S/C14H20N2O/c1-4-5-9-17-11(2)13-10-16(3)14-12(13)7-6-8-15-14/h7,10H,2,4-6,8-9H2,1,3H3. The molecule has 1 aromatic rings. The van der Waals surface area contributed by atoms with Crippen molar-refractivity contribution in [2.24, 2.45) is 12.0 Å². The lowest BCUT2D eigenvalue weighted by Crippen LogP contribution is -2.32. The van der Waals surface area contributed by atoms with Gasteiger partial charge in [-0.05, 0) is 12.8 Å². The Hall–Kier alpha value is -1.51. The average molecular weight is 232 g/mol. The maximum atomic E-state index is 5.68. The van der Waals surface area contributed by atoms with Crippen molar-refractivity contribution in [1.82, 2.24) is 4.57 Å². The molecule has 92 valence electrons. The van der Waals surface area contributed by atoms with Gasteiger partial charge in [0.05, 0.1) is 6.61 Å². The summed E-state index contributed by atoms with van der Waals surface area (Å²) >= 11 is 0. The number of hydrogen-bond donors (Lipinski definition) is 0. The molecule has 17 heavy (non-hydrogen) atoms. The molecule has 0 N–H and O–H groups in total. The molecule has 0 fully saturated rings. The molecule has 0 bridgehead atoms. The monoisotopic (exact) mass is 232 g/mol. The van der Waals surface area contributed by atoms with E-state index in [1.54, 1.807) is 0 Å². The fourth-order valence-electron chi connectivity index (χ4n) is 2.05. The smallest absolute Gasteiger partial charge is 0.135 e. The maximum Gasteiger partial charge on any atom is 0.135 e. The predicted octanol–water partition coefficient (Wildman–Crippen LogP) is 1.62. The molecule has 2 heterocycles. The first kappa shape index (κ1) is 12.0. The molecule has 1 aliphatic heterocycles. The Balaban J connectivity index is 2.26. The van der Waals surface area contributed by atoms with Crippen LogP contribution in [0, 0.1) is 0 Å². The number of aromatic nitrogens is 1. The topological polar surface area (TPSA) is 26.5 Å². The Kier molecular flexibility index (Phi) is 3.67. The molecule has 2 rings (SSSR count). The first-order valence-corrected chi connectivity index (χ1v) is 6.26. The lowest BCUT2D eigenvalue weighted by Gasteiger charge is -2.07. The second-order valence-corrected chi connectivity index (χ2v) is 4.39. The second-order valence-electron chi connectivity index (χ2n) is 4.39. The molecule has 0 saturated heterocycles. The first-order chi connectivity index (χ1) is 8.24. The zero-order chi connectivity index (χ0) is 12.3. The van der Waals surface area contributed by atoms with Gasteiger partial charge in [0.15, 0.2) is 0 Å². The van der Waals surface area contributed by atoms with Gasteiger partial charge in [0, 0.05) is 30.6 Å². The maximum absolute atomic E-state index is 5.68. The molecule has 0 saturated carbocycles. The number of unbranched alkanes of at least 4 members (excludes halogenated alkanes) is 1. The Bertz CT molecular complexity index is 525. The van der Waals surface area contributed by atoms with Crippen LogP contribution in [0.4, 0.5) is 0 Å². The van der Waals surface area contributed by atoms with Gasteiger partial charge in [-0.1, -0.05) is 26.0 Å². The van der Waals surface area contributed by atoms with Crippen LogP contribution < -0.4 is 10.7 Å². The molecule has 1 aliphatic rings. The molecule has 3 heteroatoms. The van der Waals surface area contributed by atoms with Crippen LogP contribution in [0.5, 0.6) is 0 Å². The summed E-state index contributed by atoms with van der Waals surface area (Å²) in [5, 5.41) is 1.18. The van der Waals surface area contributed by atoms with E-state index in [4.69, 9.17) is 4.74 Å². The SMILES string of the molecule is C=C(OCCCC)c1cn(C)c2c1=CCCN=2. The van der Waals surface area contributed by atoms with Crippen molar-refractivity contribution in [2.75, 3.05) is 13.2 Å². The van der Waals surface area contributed by atoms with Crippen LogP contribution in [0.2, 0.25) is 0 Å². The van der Waals surface area contributed by atoms with Crippen molar-refractivity contribution in [2.45, 2.75) is 26.2 Å². The van der Waals surface area contributed by atoms with E-state index in [1.807, 2.05) is 7.05 Å². The molecule has 0 aromatic carbocycles. The van der Waals surface area contributed by atoms with Crippen LogP contribution in [0.25, 0.3) is 11.8 Å². The van der Waals surface area contributed by atoms with Crippen LogP contribution in [0.1, 0.15) is 31.7 Å². The van der Waals surface area contributed by atoms with Crippen molar-refractivity contribution in [1.29, 1.82) is 0 Å². The van der Waals surface area contributed by atoms with E-state index in [0.29, 0.717) is 0 Å². The van der Waals surface area contributed by atoms with E-state index < -0.39 is 0 Å². The van der Waals surface area contributed by atoms with E-state index in [9.17, 15) is 0 Å². The van der Waals surface area contributed by atoms with Gasteiger partial charge in [0.2, 0.25) is 0 Å². The van der Waals surface area contributed by atoms with E-state index in [-0.39, 0.29) is 0 Å². The number of nitrogens with zero attached hydrogens (tertiary/aromatic N) is 2. The van der Waals surface area contributed by atoms with Gasteiger partial charge in [-0.25, -0.2) is 0 Å². The quantitative estimate of drug-likeness (QED) is 0.559. The van der Waals surface area contributed by atoms with Crippen LogP contribution in [0.15, 0.2) is 17.8 Å². The minimum absolute atomic E-state index is 0.746. The van der Waals surface area contributed by atoms with Crippen LogP contribution in [-0.2, 0) is 11.8 Å². The molecular weight excluding hydrogens is 212 g/mol. The van der Waals surface area contributed by atoms with Crippen LogP contribution >= 0.6 is 0 Å². The zero-order valence-electron chi connectivity index (χ0n) is 10.7. The second kappa shape index (κ2) is 5.21. The molecule has 0 radical (unpaired) electrons. The molecular formula is C14H20N2O. The summed E-state index contributed by atoms with van der Waals surface area (Å²) in [6.45, 7) is 7.81. The zero-order valence-corrected chi connectivity index (χ0v) is 10.7. The fourth-order valence-corrected chi connectivity index (χ4v) is 2.05. The molecule has 0 atom stereocenters. The summed E-state index contributed by atoms with van der Waals surface area (Å²) in [6.07, 6.45) is 7.51. The van der Waals surface area contributed by atoms with Gasteiger partial charge < -0.3 is 9.30 Å². The molecule has 0 amide bonds. The Labute approximate surface area is 102 Å². The third kappa shape index (κ3) is 2.43. The lowest BCUT2D eigenvalue weighted by molar-refractivity contribution is 0.271. The third-order valence-corrected chi connectivity index (χ3v) is 3.00. The molecule has 0 aliphatic carbocycles. The summed E-state index contributed by atoms with van der Waals surface area (Å²) in [5.41, 5.74) is 2.13. The van der Waals surface area contributed by atoms with Crippen molar-refractivity contribution >= 4 is 11.8 Å². The van der Waals surface area contributed by atoms with Crippen molar-refractivity contribution in [3.8, 4) is 0 Å². The van der Waals surface area contributed by atoms with Gasteiger partial charge in [-0.3, -0.25) is 4.99 Å². The lowest BCUT2D eigenvalue weighted by atomic mass is 10.2. The minimum Gasteiger partial charge on any atom is -0.494 e. The average Bonchev–Trinajstić information content (AvgIpc) is 2.68. The summed E-state index contributed by atoms with van der Waals surface area (Å²) in [5.74, 6) is 0.767. The van der Waals surface area contributed by atoms with Crippen molar-refractivity contribution < 1.29 is 4.74 Å². The number of hydrogen-bond acceptors (Lipinski definition) is 2. The van der Waals surface area contributed by atoms with Gasteiger partial charge in [0.1, 0.15) is 11.2 Å². The first-order valence-electron chi connectivity index (χ1n) is 6.26. The van der Waals surface area contributed by atoms with Crippen LogP contribution in [-0.4, -0.2) is 17.7 Å². The van der Waals surface area contributed by atoms with Gasteiger partial charge in [0.25, 0.3) is 0 Å². The predicted molar refractivity (Wildman–Crippen MR) is 70.0 cm³/mol. The Morgan fingerprint density at radius 2 is 2.41 bits per heavy atom. The Morgan fingerprint density at radius 1 is 1.59 bits per heavy atom. The van der Waals surface area contributed by atoms with E-state index in [0.717, 1.165) is 49.2 Å². The minimum atomic E-state index is 0.746. The summed E-state index contributed by atoms with van der Waals surface area (Å²) in [6, 6.07) is 0. The molecule has 3 nitrogen and oxygen atoms in total. The van der Waals surface area contributed by atoms with Crippen LogP contribution in [0.3, 0.4) is 0 Å². The van der Waals surface area contributed by atoms with Crippen molar-refractivity contribution in [3.63, 3.8) is 0 Å². The molecule has 1 aromatic heterocycles. The van der Waals surface area contributed by atoms with Gasteiger partial charge >= 0.3 is 0 Å². The summed E-state index contributed by atoms with van der Waals surface area (Å²) in [4.78, 5) is 4.53. The summed E-state index contributed by atoms with van der Waals surface area (Å²) < 4.78 is 7.73. The number of rotatable bonds is 5. The van der Waals surface area contributed by atoms with E-state index in [1.165, 1.54) is 5.22 Å². The highest BCUT2D eigenvalue weighted by atomic mass is 16.5. The highest BCUT2D eigenvalue weighted by molar-refractivity contribution is 5.59.